The third kappa shape index (κ3) is 5.10. The lowest BCUT2D eigenvalue weighted by Crippen LogP contribution is -2.46. The summed E-state index contributed by atoms with van der Waals surface area (Å²) in [5.74, 6) is -0.547. The third-order valence-corrected chi connectivity index (χ3v) is 5.19. The first kappa shape index (κ1) is 18.5. The van der Waals surface area contributed by atoms with Gasteiger partial charge in [-0.3, -0.25) is 14.9 Å². The fourth-order valence-corrected chi connectivity index (χ4v) is 3.48. The van der Waals surface area contributed by atoms with Gasteiger partial charge in [0.25, 0.3) is 5.91 Å². The smallest absolute Gasteiger partial charge is 0.262 e. The summed E-state index contributed by atoms with van der Waals surface area (Å²) in [6, 6.07) is 2.92. The van der Waals surface area contributed by atoms with Crippen molar-refractivity contribution < 1.29 is 9.59 Å². The lowest BCUT2D eigenvalue weighted by molar-refractivity contribution is -0.118. The van der Waals surface area contributed by atoms with E-state index in [1.54, 1.807) is 6.07 Å². The minimum absolute atomic E-state index is 0.0404. The summed E-state index contributed by atoms with van der Waals surface area (Å²) in [7, 11) is 0. The van der Waals surface area contributed by atoms with Crippen molar-refractivity contribution in [2.75, 3.05) is 5.32 Å². The topological polar surface area (TPSA) is 84.0 Å². The van der Waals surface area contributed by atoms with Gasteiger partial charge in [0.05, 0.1) is 4.88 Å². The number of hydrogen-bond donors (Lipinski definition) is 2. The Morgan fingerprint density at radius 3 is 2.71 bits per heavy atom. The number of rotatable bonds is 8. The fourth-order valence-electron chi connectivity index (χ4n) is 2.07. The Bertz CT molecular complexity index is 667. The van der Waals surface area contributed by atoms with Crippen LogP contribution in [0.5, 0.6) is 0 Å². The number of amides is 2. The molecule has 2 rings (SSSR count). The van der Waals surface area contributed by atoms with Crippen molar-refractivity contribution in [3.63, 3.8) is 0 Å². The van der Waals surface area contributed by atoms with Crippen LogP contribution in [-0.4, -0.2) is 28.1 Å². The van der Waals surface area contributed by atoms with Crippen LogP contribution in [-0.2, 0) is 11.2 Å². The molecule has 6 nitrogen and oxygen atoms in total. The predicted molar refractivity (Wildman–Crippen MR) is 97.6 cm³/mol. The maximum Gasteiger partial charge on any atom is 0.262 e. The molecule has 0 aliphatic rings. The van der Waals surface area contributed by atoms with Gasteiger partial charge in [0, 0.05) is 6.42 Å². The van der Waals surface area contributed by atoms with Crippen LogP contribution in [0.4, 0.5) is 5.13 Å². The van der Waals surface area contributed by atoms with Gasteiger partial charge in [0.1, 0.15) is 11.0 Å². The fraction of sp³-hybridized carbons (Fsp3) is 0.500. The molecule has 0 aliphatic carbocycles. The maximum absolute atomic E-state index is 12.5. The van der Waals surface area contributed by atoms with Crippen molar-refractivity contribution in [1.82, 2.24) is 15.5 Å². The molecule has 2 heterocycles. The van der Waals surface area contributed by atoms with Crippen LogP contribution >= 0.6 is 22.7 Å². The first-order valence-corrected chi connectivity index (χ1v) is 9.68. The predicted octanol–water partition coefficient (Wildman–Crippen LogP) is 3.34. The van der Waals surface area contributed by atoms with E-state index in [0.29, 0.717) is 10.0 Å². The molecule has 24 heavy (non-hydrogen) atoms. The normalized spacial score (nSPS) is 12.2. The first-order chi connectivity index (χ1) is 11.5. The molecule has 2 amide bonds. The number of thiophene rings is 1. The minimum Gasteiger partial charge on any atom is -0.339 e. The van der Waals surface area contributed by atoms with Crippen molar-refractivity contribution in [3.05, 3.63) is 27.4 Å². The molecule has 0 spiro atoms. The van der Waals surface area contributed by atoms with Crippen LogP contribution < -0.4 is 10.6 Å². The van der Waals surface area contributed by atoms with Gasteiger partial charge in [-0.25, -0.2) is 0 Å². The van der Waals surface area contributed by atoms with Crippen LogP contribution in [0.3, 0.4) is 0 Å². The minimum atomic E-state index is -0.623. The second kappa shape index (κ2) is 8.89. The van der Waals surface area contributed by atoms with Crippen molar-refractivity contribution in [2.24, 2.45) is 5.92 Å². The van der Waals surface area contributed by atoms with E-state index >= 15 is 0 Å². The number of hydrogen-bond acceptors (Lipinski definition) is 6. The van der Waals surface area contributed by atoms with Crippen molar-refractivity contribution in [1.29, 1.82) is 0 Å². The molecule has 0 saturated carbocycles. The molecular formula is C16H22N4O2S2. The van der Waals surface area contributed by atoms with Gasteiger partial charge < -0.3 is 5.32 Å². The highest BCUT2D eigenvalue weighted by atomic mass is 32.1. The lowest BCUT2D eigenvalue weighted by atomic mass is 10.0. The summed E-state index contributed by atoms with van der Waals surface area (Å²) in [6.45, 7) is 5.91. The molecule has 0 radical (unpaired) electrons. The van der Waals surface area contributed by atoms with Gasteiger partial charge >= 0.3 is 0 Å². The highest BCUT2D eigenvalue weighted by molar-refractivity contribution is 7.15. The molecule has 0 aliphatic heterocycles. The Balaban J connectivity index is 1.98. The van der Waals surface area contributed by atoms with E-state index in [2.05, 4.69) is 27.8 Å². The Labute approximate surface area is 149 Å². The maximum atomic E-state index is 12.5. The highest BCUT2D eigenvalue weighted by Crippen LogP contribution is 2.18. The number of nitrogens with one attached hydrogen (secondary N) is 2. The Hall–Kier alpha value is -1.80. The van der Waals surface area contributed by atoms with Crippen molar-refractivity contribution >= 4 is 39.6 Å². The Morgan fingerprint density at radius 1 is 1.29 bits per heavy atom. The number of carbonyl (C=O) groups excluding carboxylic acids is 2. The Morgan fingerprint density at radius 2 is 2.08 bits per heavy atom. The zero-order valence-electron chi connectivity index (χ0n) is 14.0. The van der Waals surface area contributed by atoms with E-state index in [4.69, 9.17) is 0 Å². The van der Waals surface area contributed by atoms with Crippen LogP contribution in [0.15, 0.2) is 17.5 Å². The summed E-state index contributed by atoms with van der Waals surface area (Å²) in [6.07, 6.45) is 3.01. The number of aryl methyl sites for hydroxylation is 1. The number of aromatic nitrogens is 2. The summed E-state index contributed by atoms with van der Waals surface area (Å²) < 4.78 is 0. The van der Waals surface area contributed by atoms with Gasteiger partial charge in [-0.05, 0) is 23.8 Å². The molecule has 2 N–H and O–H groups in total. The van der Waals surface area contributed by atoms with E-state index in [1.165, 1.54) is 22.7 Å². The number of anilines is 1. The van der Waals surface area contributed by atoms with Gasteiger partial charge in [0.2, 0.25) is 11.0 Å². The van der Waals surface area contributed by atoms with Gasteiger partial charge in [-0.1, -0.05) is 44.6 Å². The van der Waals surface area contributed by atoms with Crippen LogP contribution in [0.1, 0.15) is 48.3 Å². The highest BCUT2D eigenvalue weighted by Gasteiger charge is 2.26. The van der Waals surface area contributed by atoms with Gasteiger partial charge in [0.15, 0.2) is 0 Å². The molecule has 1 atom stereocenters. The number of nitrogens with zero attached hydrogens (tertiary/aromatic N) is 2. The summed E-state index contributed by atoms with van der Waals surface area (Å²) >= 11 is 2.73. The molecule has 1 unspecified atom stereocenters. The SMILES string of the molecule is CCCCc1nnc(NC(=O)C(NC(=O)c2cccs2)C(C)C)s1. The first-order valence-electron chi connectivity index (χ1n) is 7.98. The van der Waals surface area contributed by atoms with E-state index in [-0.39, 0.29) is 17.7 Å². The van der Waals surface area contributed by atoms with E-state index in [1.807, 2.05) is 25.3 Å². The van der Waals surface area contributed by atoms with Crippen molar-refractivity contribution in [3.8, 4) is 0 Å². The standard InChI is InChI=1S/C16H22N4O2S2/c1-4-5-8-12-19-20-16(24-12)18-15(22)13(10(2)3)17-14(21)11-7-6-9-23-11/h6-7,9-10,13H,4-5,8H2,1-3H3,(H,17,21)(H,18,20,22). The van der Waals surface area contributed by atoms with Crippen LogP contribution in [0.2, 0.25) is 0 Å². The number of carbonyl (C=O) groups is 2. The third-order valence-electron chi connectivity index (χ3n) is 3.42. The zero-order chi connectivity index (χ0) is 17.5. The summed E-state index contributed by atoms with van der Waals surface area (Å²) in [4.78, 5) is 25.3. The van der Waals surface area contributed by atoms with Gasteiger partial charge in [-0.15, -0.1) is 21.5 Å². The lowest BCUT2D eigenvalue weighted by Gasteiger charge is -2.20. The van der Waals surface area contributed by atoms with E-state index < -0.39 is 6.04 Å². The second-order valence-electron chi connectivity index (χ2n) is 5.77. The van der Waals surface area contributed by atoms with Crippen molar-refractivity contribution in [2.45, 2.75) is 46.1 Å². The number of unbranched alkanes of at least 4 members (excludes halogenated alkanes) is 1. The van der Waals surface area contributed by atoms with Crippen LogP contribution in [0, 0.1) is 5.92 Å². The molecule has 0 aromatic carbocycles. The average molecular weight is 367 g/mol. The van der Waals surface area contributed by atoms with E-state index in [9.17, 15) is 9.59 Å². The summed E-state index contributed by atoms with van der Waals surface area (Å²) in [5, 5.41) is 16.9. The zero-order valence-corrected chi connectivity index (χ0v) is 15.7. The summed E-state index contributed by atoms with van der Waals surface area (Å²) in [5.41, 5.74) is 0. The molecule has 0 bridgehead atoms. The molecule has 0 saturated heterocycles. The van der Waals surface area contributed by atoms with Crippen LogP contribution in [0.25, 0.3) is 0 Å². The van der Waals surface area contributed by atoms with Gasteiger partial charge in [-0.2, -0.15) is 0 Å². The monoisotopic (exact) mass is 366 g/mol. The quantitative estimate of drug-likeness (QED) is 0.750. The molecule has 2 aromatic rings. The molecule has 130 valence electrons. The molecule has 2 aromatic heterocycles. The largest absolute Gasteiger partial charge is 0.339 e. The van der Waals surface area contributed by atoms with E-state index in [0.717, 1.165) is 24.3 Å². The average Bonchev–Trinajstić information content (AvgIpc) is 3.21. The Kier molecular flexibility index (Phi) is 6.86. The molecule has 0 fully saturated rings. The second-order valence-corrected chi connectivity index (χ2v) is 7.78. The molecular weight excluding hydrogens is 344 g/mol. The molecule has 8 heteroatoms.